The van der Waals surface area contributed by atoms with Crippen molar-refractivity contribution < 1.29 is 18.4 Å². The van der Waals surface area contributed by atoms with Crippen molar-refractivity contribution >= 4 is 21.6 Å². The molecule has 1 aromatic rings. The molecule has 0 saturated carbocycles. The molecule has 1 heterocycles. The van der Waals surface area contributed by atoms with E-state index in [0.29, 0.717) is 0 Å². The van der Waals surface area contributed by atoms with Gasteiger partial charge in [0.05, 0.1) is 4.92 Å². The number of hydrogen-bond donors (Lipinski definition) is 1. The van der Waals surface area contributed by atoms with E-state index < -0.39 is 25.7 Å². The van der Waals surface area contributed by atoms with E-state index in [1.165, 1.54) is 0 Å². The molecule has 86 valence electrons. The lowest BCUT2D eigenvalue weighted by Crippen LogP contribution is -2.16. The van der Waals surface area contributed by atoms with Gasteiger partial charge in [0.25, 0.3) is 15.7 Å². The number of hydrogen-bond acceptors (Lipinski definition) is 5. The van der Waals surface area contributed by atoms with Crippen molar-refractivity contribution in [1.82, 2.24) is 6.15 Å². The van der Waals surface area contributed by atoms with Crippen molar-refractivity contribution in [3.05, 3.63) is 33.9 Å². The van der Waals surface area contributed by atoms with Crippen LogP contribution in [0.25, 0.3) is 0 Å². The molecule has 0 spiro atoms. The van der Waals surface area contributed by atoms with Gasteiger partial charge in [0.15, 0.2) is 0 Å². The molecule has 0 aromatic heterocycles. The Bertz CT molecular complexity index is 592. The minimum Gasteiger partial charge on any atom is -0.858 e. The number of non-ortho nitro benzene ring substituents is 1. The van der Waals surface area contributed by atoms with E-state index in [1.54, 1.807) is 0 Å². The summed E-state index contributed by atoms with van der Waals surface area (Å²) in [5.74, 6) is -0.889. The number of nitrogens with zero attached hydrogens (tertiary/aromatic N) is 2. The molecule has 0 saturated heterocycles. The van der Waals surface area contributed by atoms with E-state index in [9.17, 15) is 23.6 Å². The highest BCUT2D eigenvalue weighted by molar-refractivity contribution is 7.90. The molecular formula is C7H7N3O5S. The second kappa shape index (κ2) is 3.54. The molecule has 8 nitrogen and oxygen atoms in total. The van der Waals surface area contributed by atoms with Gasteiger partial charge in [-0.2, -0.15) is 12.8 Å². The van der Waals surface area contributed by atoms with E-state index >= 15 is 0 Å². The van der Waals surface area contributed by atoms with Crippen molar-refractivity contribution in [2.45, 2.75) is 4.90 Å². The first-order chi connectivity index (χ1) is 6.92. The summed E-state index contributed by atoms with van der Waals surface area (Å²) in [5.41, 5.74) is -0.511. The first kappa shape index (κ1) is 12.1. The smallest absolute Gasteiger partial charge is 0.282 e. The SMILES string of the molecule is O=[N+]([O-])c1ccc2c(c1)S(=O)(=O)N=C2[O-].[NH4+]. The van der Waals surface area contributed by atoms with Gasteiger partial charge in [-0.1, -0.05) is 0 Å². The highest BCUT2D eigenvalue weighted by Crippen LogP contribution is 2.28. The van der Waals surface area contributed by atoms with E-state index in [0.717, 1.165) is 18.2 Å². The Morgan fingerprint density at radius 2 is 1.94 bits per heavy atom. The van der Waals surface area contributed by atoms with Crippen LogP contribution in [0.1, 0.15) is 5.56 Å². The lowest BCUT2D eigenvalue weighted by atomic mass is 10.2. The lowest BCUT2D eigenvalue weighted by molar-refractivity contribution is -0.385. The second-order valence-corrected chi connectivity index (χ2v) is 4.38. The van der Waals surface area contributed by atoms with Gasteiger partial charge < -0.3 is 11.3 Å². The molecule has 2 rings (SSSR count). The van der Waals surface area contributed by atoms with Crippen molar-refractivity contribution in [3.8, 4) is 0 Å². The molecular weight excluding hydrogens is 238 g/mol. The third-order valence-corrected chi connectivity index (χ3v) is 3.19. The Labute approximate surface area is 90.0 Å². The molecule has 0 atom stereocenters. The monoisotopic (exact) mass is 245 g/mol. The first-order valence-electron chi connectivity index (χ1n) is 3.72. The van der Waals surface area contributed by atoms with Crippen molar-refractivity contribution in [3.63, 3.8) is 0 Å². The summed E-state index contributed by atoms with van der Waals surface area (Å²) in [7, 11) is -4.04. The molecule has 4 N–H and O–H groups in total. The molecule has 0 aliphatic carbocycles. The Morgan fingerprint density at radius 1 is 1.31 bits per heavy atom. The lowest BCUT2D eigenvalue weighted by Gasteiger charge is -2.02. The minimum absolute atomic E-state index is 0. The maximum Gasteiger partial charge on any atom is 0.282 e. The number of benzene rings is 1. The van der Waals surface area contributed by atoms with Gasteiger partial charge in [-0.05, 0) is 6.07 Å². The molecule has 1 aliphatic heterocycles. The van der Waals surface area contributed by atoms with Gasteiger partial charge in [-0.3, -0.25) is 10.1 Å². The second-order valence-electron chi connectivity index (χ2n) is 2.81. The predicted octanol–water partition coefficient (Wildman–Crippen LogP) is -0.220. The fraction of sp³-hybridized carbons (Fsp3) is 0. The zero-order chi connectivity index (χ0) is 11.2. The summed E-state index contributed by atoms with van der Waals surface area (Å²) >= 11 is 0. The quantitative estimate of drug-likeness (QED) is 0.536. The van der Waals surface area contributed by atoms with Crippen LogP contribution < -0.4 is 11.3 Å². The van der Waals surface area contributed by atoms with Crippen LogP contribution in [0.2, 0.25) is 0 Å². The molecule has 9 heteroatoms. The number of nitro benzene ring substituents is 1. The maximum atomic E-state index is 11.2. The molecule has 16 heavy (non-hydrogen) atoms. The van der Waals surface area contributed by atoms with Crippen LogP contribution in [0.3, 0.4) is 0 Å². The fourth-order valence-corrected chi connectivity index (χ4v) is 2.34. The number of fused-ring (bicyclic) bond motifs is 1. The van der Waals surface area contributed by atoms with Crippen LogP contribution in [0.15, 0.2) is 27.5 Å². The van der Waals surface area contributed by atoms with Crippen molar-refractivity contribution in [1.29, 1.82) is 0 Å². The van der Waals surface area contributed by atoms with Gasteiger partial charge in [0.2, 0.25) is 0 Å². The van der Waals surface area contributed by atoms with Gasteiger partial charge in [0, 0.05) is 23.6 Å². The normalized spacial score (nSPS) is 15.9. The van der Waals surface area contributed by atoms with Gasteiger partial charge in [-0.15, -0.1) is 0 Å². The summed E-state index contributed by atoms with van der Waals surface area (Å²) < 4.78 is 25.4. The van der Waals surface area contributed by atoms with Crippen LogP contribution in [-0.2, 0) is 10.0 Å². The highest BCUT2D eigenvalue weighted by Gasteiger charge is 2.26. The molecule has 0 bridgehead atoms. The zero-order valence-electron chi connectivity index (χ0n) is 8.08. The van der Waals surface area contributed by atoms with E-state index in [4.69, 9.17) is 0 Å². The molecule has 0 unspecified atom stereocenters. The Hall–Kier alpha value is -2.00. The van der Waals surface area contributed by atoms with Gasteiger partial charge >= 0.3 is 0 Å². The Balaban J connectivity index is 0.00000128. The van der Waals surface area contributed by atoms with E-state index in [2.05, 4.69) is 4.40 Å². The molecule has 1 aromatic carbocycles. The Morgan fingerprint density at radius 3 is 2.50 bits per heavy atom. The number of nitro groups is 1. The van der Waals surface area contributed by atoms with Crippen LogP contribution >= 0.6 is 0 Å². The third kappa shape index (κ3) is 1.61. The summed E-state index contributed by atoms with van der Waals surface area (Å²) in [6.45, 7) is 0. The largest absolute Gasteiger partial charge is 0.858 e. The van der Waals surface area contributed by atoms with E-state index in [1.807, 2.05) is 0 Å². The maximum absolute atomic E-state index is 11.2. The average Bonchev–Trinajstić information content (AvgIpc) is 2.37. The predicted molar refractivity (Wildman–Crippen MR) is 52.8 cm³/mol. The van der Waals surface area contributed by atoms with E-state index in [-0.39, 0.29) is 17.4 Å². The van der Waals surface area contributed by atoms with Crippen LogP contribution in [-0.4, -0.2) is 19.2 Å². The van der Waals surface area contributed by atoms with Gasteiger partial charge in [0.1, 0.15) is 4.90 Å². The highest BCUT2D eigenvalue weighted by atomic mass is 32.2. The summed E-state index contributed by atoms with van der Waals surface area (Å²) in [6, 6.07) is 2.98. The number of sulfonamides is 1. The summed E-state index contributed by atoms with van der Waals surface area (Å²) in [5, 5.41) is 21.4. The summed E-state index contributed by atoms with van der Waals surface area (Å²) in [4.78, 5) is 9.25. The zero-order valence-corrected chi connectivity index (χ0v) is 8.89. The fourth-order valence-electron chi connectivity index (χ4n) is 1.22. The van der Waals surface area contributed by atoms with Crippen molar-refractivity contribution in [2.75, 3.05) is 0 Å². The standard InChI is InChI=1S/C7H4N2O5S.H3N/c10-7-5-2-1-4(9(11)12)3-6(5)15(13,14)8-7;/h1-3H,(H,8,10);1H3. The third-order valence-electron chi connectivity index (χ3n) is 1.89. The topological polar surface area (TPSA) is 149 Å². The Kier molecular flexibility index (Phi) is 2.67. The molecule has 1 aliphatic rings. The minimum atomic E-state index is -4.04. The van der Waals surface area contributed by atoms with Crippen LogP contribution in [0.4, 0.5) is 5.69 Å². The van der Waals surface area contributed by atoms with Gasteiger partial charge in [-0.25, -0.2) is 0 Å². The molecule has 0 fully saturated rings. The molecule has 0 amide bonds. The molecule has 0 radical (unpaired) electrons. The van der Waals surface area contributed by atoms with Crippen molar-refractivity contribution in [2.24, 2.45) is 4.40 Å². The van der Waals surface area contributed by atoms with Crippen LogP contribution in [0, 0.1) is 10.1 Å². The van der Waals surface area contributed by atoms with Crippen LogP contribution in [0.5, 0.6) is 0 Å². The average molecular weight is 245 g/mol. The summed E-state index contributed by atoms with van der Waals surface area (Å²) in [6.07, 6.45) is 0. The number of quaternary nitrogens is 1. The first-order valence-corrected chi connectivity index (χ1v) is 5.16. The number of rotatable bonds is 1.